The van der Waals surface area contributed by atoms with Gasteiger partial charge in [0, 0.05) is 10.3 Å². The Kier molecular flexibility index (Phi) is 3.39. The van der Waals surface area contributed by atoms with Crippen molar-refractivity contribution < 1.29 is 9.90 Å². The highest BCUT2D eigenvalue weighted by molar-refractivity contribution is 7.10. The number of amides is 1. The fourth-order valence-corrected chi connectivity index (χ4v) is 4.39. The molecule has 0 aromatic carbocycles. The van der Waals surface area contributed by atoms with Gasteiger partial charge in [-0.1, -0.05) is 13.3 Å². The second-order valence-corrected chi connectivity index (χ2v) is 6.86. The molecule has 0 bridgehead atoms. The van der Waals surface area contributed by atoms with E-state index in [1.54, 1.807) is 16.2 Å². The third-order valence-corrected chi connectivity index (χ3v) is 5.35. The van der Waals surface area contributed by atoms with E-state index >= 15 is 0 Å². The Labute approximate surface area is 118 Å². The molecule has 2 heterocycles. The summed E-state index contributed by atoms with van der Waals surface area (Å²) in [6.45, 7) is 3.08. The predicted molar refractivity (Wildman–Crippen MR) is 76.7 cm³/mol. The van der Waals surface area contributed by atoms with Crippen LogP contribution in [0.25, 0.3) is 0 Å². The van der Waals surface area contributed by atoms with Crippen molar-refractivity contribution in [2.45, 2.75) is 51.0 Å². The standard InChI is InChI=1S/C15H21NO2S/c1-2-7-15(18)9-16(10-15)14(17)12-8-19-13-6-4-3-5-11(12)13/h8,18H,2-7,9-10H2,1H3. The van der Waals surface area contributed by atoms with Crippen LogP contribution in [0.2, 0.25) is 0 Å². The van der Waals surface area contributed by atoms with Gasteiger partial charge in [-0.25, -0.2) is 0 Å². The monoisotopic (exact) mass is 279 g/mol. The number of thiophene rings is 1. The first-order chi connectivity index (χ1) is 9.13. The van der Waals surface area contributed by atoms with E-state index < -0.39 is 5.60 Å². The molecule has 3 nitrogen and oxygen atoms in total. The molecule has 4 heteroatoms. The van der Waals surface area contributed by atoms with E-state index in [2.05, 4.69) is 6.92 Å². The number of β-amino-alcohol motifs (C(OH)–C–C–N with tert-alkyl or cyclic N) is 1. The van der Waals surface area contributed by atoms with Gasteiger partial charge in [0.15, 0.2) is 0 Å². The van der Waals surface area contributed by atoms with Crippen molar-refractivity contribution in [1.82, 2.24) is 4.90 Å². The maximum Gasteiger partial charge on any atom is 0.255 e. The van der Waals surface area contributed by atoms with Gasteiger partial charge in [-0.15, -0.1) is 11.3 Å². The molecular formula is C15H21NO2S. The molecule has 0 spiro atoms. The van der Waals surface area contributed by atoms with Crippen molar-refractivity contribution in [3.05, 3.63) is 21.4 Å². The summed E-state index contributed by atoms with van der Waals surface area (Å²) in [5.74, 6) is 0.125. The largest absolute Gasteiger partial charge is 0.386 e. The topological polar surface area (TPSA) is 40.5 Å². The Bertz CT molecular complexity index is 488. The van der Waals surface area contributed by atoms with Gasteiger partial charge < -0.3 is 10.0 Å². The molecule has 0 unspecified atom stereocenters. The summed E-state index contributed by atoms with van der Waals surface area (Å²) in [6, 6.07) is 0. The average molecular weight is 279 g/mol. The first-order valence-electron chi connectivity index (χ1n) is 7.24. The lowest BCUT2D eigenvalue weighted by Gasteiger charge is -2.46. The molecule has 0 atom stereocenters. The van der Waals surface area contributed by atoms with Crippen LogP contribution in [0.4, 0.5) is 0 Å². The summed E-state index contributed by atoms with van der Waals surface area (Å²) in [6.07, 6.45) is 6.38. The Morgan fingerprint density at radius 1 is 1.42 bits per heavy atom. The Balaban J connectivity index is 1.71. The lowest BCUT2D eigenvalue weighted by atomic mass is 9.88. The van der Waals surface area contributed by atoms with Crippen LogP contribution in [0, 0.1) is 0 Å². The van der Waals surface area contributed by atoms with Crippen LogP contribution in [0.5, 0.6) is 0 Å². The molecule has 3 rings (SSSR count). The summed E-state index contributed by atoms with van der Waals surface area (Å²) < 4.78 is 0. The van der Waals surface area contributed by atoms with Crippen LogP contribution in [0.15, 0.2) is 5.38 Å². The van der Waals surface area contributed by atoms with E-state index in [9.17, 15) is 9.90 Å². The van der Waals surface area contributed by atoms with Crippen LogP contribution < -0.4 is 0 Å². The molecular weight excluding hydrogens is 258 g/mol. The summed E-state index contributed by atoms with van der Waals surface area (Å²) in [5, 5.41) is 12.2. The van der Waals surface area contributed by atoms with Crippen molar-refractivity contribution in [3.63, 3.8) is 0 Å². The highest BCUT2D eigenvalue weighted by Crippen LogP contribution is 2.33. The van der Waals surface area contributed by atoms with Gasteiger partial charge in [-0.2, -0.15) is 0 Å². The Morgan fingerprint density at radius 3 is 2.89 bits per heavy atom. The van der Waals surface area contributed by atoms with Crippen LogP contribution in [-0.2, 0) is 12.8 Å². The number of likely N-dealkylation sites (tertiary alicyclic amines) is 1. The summed E-state index contributed by atoms with van der Waals surface area (Å²) in [7, 11) is 0. The minimum atomic E-state index is -0.625. The fraction of sp³-hybridized carbons (Fsp3) is 0.667. The van der Waals surface area contributed by atoms with Crippen molar-refractivity contribution in [3.8, 4) is 0 Å². The van der Waals surface area contributed by atoms with Gasteiger partial charge in [0.05, 0.1) is 24.3 Å². The first-order valence-corrected chi connectivity index (χ1v) is 8.12. The number of fused-ring (bicyclic) bond motifs is 1. The molecule has 1 fully saturated rings. The molecule has 104 valence electrons. The number of rotatable bonds is 3. The van der Waals surface area contributed by atoms with E-state index in [0.717, 1.165) is 31.2 Å². The zero-order chi connectivity index (χ0) is 13.5. The Hall–Kier alpha value is -0.870. The lowest BCUT2D eigenvalue weighted by molar-refractivity contribution is -0.0860. The van der Waals surface area contributed by atoms with Gasteiger partial charge in [0.25, 0.3) is 5.91 Å². The zero-order valence-electron chi connectivity index (χ0n) is 11.4. The Morgan fingerprint density at radius 2 is 2.16 bits per heavy atom. The fourth-order valence-electron chi connectivity index (χ4n) is 3.27. The normalized spacial score (nSPS) is 20.8. The molecule has 1 aliphatic heterocycles. The molecule has 1 N–H and O–H groups in total. The highest BCUT2D eigenvalue weighted by Gasteiger charge is 2.43. The summed E-state index contributed by atoms with van der Waals surface area (Å²) in [4.78, 5) is 15.7. The van der Waals surface area contributed by atoms with E-state index in [1.165, 1.54) is 23.3 Å². The molecule has 1 aliphatic carbocycles. The maximum atomic E-state index is 12.5. The third-order valence-electron chi connectivity index (χ3n) is 4.26. The highest BCUT2D eigenvalue weighted by atomic mass is 32.1. The lowest BCUT2D eigenvalue weighted by Crippen LogP contribution is -2.63. The van der Waals surface area contributed by atoms with E-state index in [1.807, 2.05) is 5.38 Å². The van der Waals surface area contributed by atoms with Gasteiger partial charge in [0.2, 0.25) is 0 Å². The van der Waals surface area contributed by atoms with E-state index in [0.29, 0.717) is 13.1 Å². The number of hydrogen-bond acceptors (Lipinski definition) is 3. The van der Waals surface area contributed by atoms with Gasteiger partial charge in [-0.05, 0) is 37.7 Å². The van der Waals surface area contributed by atoms with Crippen LogP contribution >= 0.6 is 11.3 Å². The molecule has 2 aliphatic rings. The van der Waals surface area contributed by atoms with Gasteiger partial charge >= 0.3 is 0 Å². The van der Waals surface area contributed by atoms with Crippen molar-refractivity contribution in [2.24, 2.45) is 0 Å². The van der Waals surface area contributed by atoms with E-state index in [-0.39, 0.29) is 5.91 Å². The molecule has 19 heavy (non-hydrogen) atoms. The van der Waals surface area contributed by atoms with E-state index in [4.69, 9.17) is 0 Å². The van der Waals surface area contributed by atoms with Crippen LogP contribution in [0.1, 0.15) is 53.4 Å². The van der Waals surface area contributed by atoms with Crippen molar-refractivity contribution in [2.75, 3.05) is 13.1 Å². The second-order valence-electron chi connectivity index (χ2n) is 5.89. The molecule has 1 aromatic heterocycles. The summed E-state index contributed by atoms with van der Waals surface area (Å²) in [5.41, 5.74) is 1.56. The number of hydrogen-bond donors (Lipinski definition) is 1. The second kappa shape index (κ2) is 4.91. The summed E-state index contributed by atoms with van der Waals surface area (Å²) >= 11 is 1.73. The van der Waals surface area contributed by atoms with Crippen molar-refractivity contribution in [1.29, 1.82) is 0 Å². The van der Waals surface area contributed by atoms with Crippen LogP contribution in [-0.4, -0.2) is 34.6 Å². The minimum Gasteiger partial charge on any atom is -0.386 e. The smallest absolute Gasteiger partial charge is 0.255 e. The van der Waals surface area contributed by atoms with Crippen LogP contribution in [0.3, 0.4) is 0 Å². The maximum absolute atomic E-state index is 12.5. The molecule has 1 amide bonds. The number of carbonyl (C=O) groups is 1. The predicted octanol–water partition coefficient (Wildman–Crippen LogP) is 2.61. The zero-order valence-corrected chi connectivity index (χ0v) is 12.3. The van der Waals surface area contributed by atoms with Crippen molar-refractivity contribution >= 4 is 17.2 Å². The molecule has 1 aromatic rings. The quantitative estimate of drug-likeness (QED) is 0.924. The van der Waals surface area contributed by atoms with Gasteiger partial charge in [-0.3, -0.25) is 4.79 Å². The molecule has 1 saturated heterocycles. The number of aryl methyl sites for hydroxylation is 1. The number of carbonyl (C=O) groups excluding carboxylic acids is 1. The molecule has 0 radical (unpaired) electrons. The minimum absolute atomic E-state index is 0.125. The average Bonchev–Trinajstić information content (AvgIpc) is 2.79. The third kappa shape index (κ3) is 2.32. The van der Waals surface area contributed by atoms with Gasteiger partial charge in [0.1, 0.15) is 0 Å². The number of nitrogens with zero attached hydrogens (tertiary/aromatic N) is 1. The molecule has 0 saturated carbocycles. The SMILES string of the molecule is CCCC1(O)CN(C(=O)c2csc3c2CCCC3)C1. The first kappa shape index (κ1) is 13.1. The number of aliphatic hydroxyl groups is 1.